The quantitative estimate of drug-likeness (QED) is 0.630. The summed E-state index contributed by atoms with van der Waals surface area (Å²) >= 11 is 0. The first-order chi connectivity index (χ1) is 6.19. The molecule has 1 aliphatic rings. The lowest BCUT2D eigenvalue weighted by Gasteiger charge is -2.31. The van der Waals surface area contributed by atoms with Gasteiger partial charge in [0.05, 0.1) is 12.0 Å². The molecule has 1 rings (SSSR count). The van der Waals surface area contributed by atoms with E-state index in [4.69, 9.17) is 10.5 Å². The van der Waals surface area contributed by atoms with Crippen LogP contribution < -0.4 is 5.73 Å². The largest absolute Gasteiger partial charge is 0.381 e. The smallest absolute Gasteiger partial charge is 0.164 e. The maximum atomic E-state index is 11.6. The van der Waals surface area contributed by atoms with Crippen molar-refractivity contribution < 1.29 is 9.53 Å². The first-order valence-corrected chi connectivity index (χ1v) is 4.48. The molecule has 13 heavy (non-hydrogen) atoms. The minimum absolute atomic E-state index is 0.0464. The SMILES string of the molecule is CC#CCC(=O)C1(N)CCOCC1. The number of carbonyl (C=O) groups excluding carboxylic acids is 1. The van der Waals surface area contributed by atoms with Crippen LogP contribution in [0, 0.1) is 11.8 Å². The van der Waals surface area contributed by atoms with Gasteiger partial charge < -0.3 is 10.5 Å². The summed E-state index contributed by atoms with van der Waals surface area (Å²) in [6, 6.07) is 0. The lowest BCUT2D eigenvalue weighted by Crippen LogP contribution is -2.51. The summed E-state index contributed by atoms with van der Waals surface area (Å²) in [5.74, 6) is 5.49. The van der Waals surface area contributed by atoms with E-state index < -0.39 is 5.54 Å². The van der Waals surface area contributed by atoms with E-state index in [1.807, 2.05) is 0 Å². The summed E-state index contributed by atoms with van der Waals surface area (Å²) in [5.41, 5.74) is 5.27. The Bertz CT molecular complexity index is 243. The van der Waals surface area contributed by atoms with Gasteiger partial charge in [-0.1, -0.05) is 5.92 Å². The topological polar surface area (TPSA) is 52.3 Å². The fraction of sp³-hybridized carbons (Fsp3) is 0.700. The molecule has 0 radical (unpaired) electrons. The van der Waals surface area contributed by atoms with Gasteiger partial charge in [0.2, 0.25) is 0 Å². The number of ketones is 1. The summed E-state index contributed by atoms with van der Waals surface area (Å²) in [4.78, 5) is 11.6. The molecule has 0 unspecified atom stereocenters. The Labute approximate surface area is 78.6 Å². The molecule has 0 aliphatic carbocycles. The number of Topliss-reactive ketones (excluding diaryl/α,β-unsaturated/α-hetero) is 1. The average Bonchev–Trinajstić information content (AvgIpc) is 2.15. The maximum Gasteiger partial charge on any atom is 0.164 e. The molecule has 1 aliphatic heterocycles. The van der Waals surface area contributed by atoms with Crippen molar-refractivity contribution in [3.05, 3.63) is 0 Å². The van der Waals surface area contributed by atoms with Crippen LogP contribution in [0.1, 0.15) is 26.2 Å². The molecule has 0 aromatic heterocycles. The molecule has 0 aromatic rings. The predicted octanol–water partition coefficient (Wildman–Crippen LogP) is 0.477. The third-order valence-electron chi connectivity index (χ3n) is 2.37. The lowest BCUT2D eigenvalue weighted by molar-refractivity contribution is -0.126. The Morgan fingerprint density at radius 2 is 2.15 bits per heavy atom. The second-order valence-corrected chi connectivity index (χ2v) is 3.30. The van der Waals surface area contributed by atoms with Gasteiger partial charge in [0.15, 0.2) is 5.78 Å². The highest BCUT2D eigenvalue weighted by molar-refractivity contribution is 5.90. The van der Waals surface area contributed by atoms with E-state index in [1.165, 1.54) is 0 Å². The van der Waals surface area contributed by atoms with Gasteiger partial charge >= 0.3 is 0 Å². The second kappa shape index (κ2) is 4.40. The summed E-state index contributed by atoms with van der Waals surface area (Å²) in [7, 11) is 0. The minimum Gasteiger partial charge on any atom is -0.381 e. The highest BCUT2D eigenvalue weighted by atomic mass is 16.5. The van der Waals surface area contributed by atoms with Crippen molar-refractivity contribution in [2.24, 2.45) is 5.73 Å². The monoisotopic (exact) mass is 181 g/mol. The molecule has 0 saturated carbocycles. The van der Waals surface area contributed by atoms with Crippen LogP contribution in [0.2, 0.25) is 0 Å². The van der Waals surface area contributed by atoms with Gasteiger partial charge in [0.25, 0.3) is 0 Å². The summed E-state index contributed by atoms with van der Waals surface area (Å²) in [6.07, 6.45) is 1.52. The molecule has 72 valence electrons. The first-order valence-electron chi connectivity index (χ1n) is 4.48. The molecule has 0 atom stereocenters. The fourth-order valence-electron chi connectivity index (χ4n) is 1.36. The summed E-state index contributed by atoms with van der Waals surface area (Å²) < 4.78 is 5.15. The van der Waals surface area contributed by atoms with Crippen LogP contribution in [-0.4, -0.2) is 24.5 Å². The van der Waals surface area contributed by atoms with Gasteiger partial charge in [-0.3, -0.25) is 4.79 Å². The van der Waals surface area contributed by atoms with Crippen molar-refractivity contribution in [3.8, 4) is 11.8 Å². The van der Waals surface area contributed by atoms with Crippen LogP contribution in [0.3, 0.4) is 0 Å². The van der Waals surface area contributed by atoms with Crippen molar-refractivity contribution in [3.63, 3.8) is 0 Å². The number of nitrogens with two attached hydrogens (primary N) is 1. The summed E-state index contributed by atoms with van der Waals surface area (Å²) in [5, 5.41) is 0. The molecule has 3 nitrogen and oxygen atoms in total. The van der Waals surface area contributed by atoms with Gasteiger partial charge in [0.1, 0.15) is 0 Å². The normalized spacial score (nSPS) is 20.2. The molecule has 2 N–H and O–H groups in total. The van der Waals surface area contributed by atoms with Crippen molar-refractivity contribution in [2.75, 3.05) is 13.2 Å². The molecular formula is C10H15NO2. The van der Waals surface area contributed by atoms with Crippen LogP contribution in [0.5, 0.6) is 0 Å². The van der Waals surface area contributed by atoms with Crippen LogP contribution in [0.25, 0.3) is 0 Å². The third kappa shape index (κ3) is 2.55. The zero-order chi connectivity index (χ0) is 9.73. The van der Waals surface area contributed by atoms with Gasteiger partial charge in [0, 0.05) is 13.2 Å². The standard InChI is InChI=1S/C10H15NO2/c1-2-3-4-9(12)10(11)5-7-13-8-6-10/h4-8,11H2,1H3. The lowest BCUT2D eigenvalue weighted by atomic mass is 9.85. The van der Waals surface area contributed by atoms with E-state index in [9.17, 15) is 4.79 Å². The van der Waals surface area contributed by atoms with E-state index in [0.717, 1.165) is 0 Å². The molecule has 0 spiro atoms. The zero-order valence-electron chi connectivity index (χ0n) is 7.93. The predicted molar refractivity (Wildman–Crippen MR) is 50.0 cm³/mol. The summed E-state index contributed by atoms with van der Waals surface area (Å²) in [6.45, 7) is 2.89. The van der Waals surface area contributed by atoms with Crippen LogP contribution in [-0.2, 0) is 9.53 Å². The highest BCUT2D eigenvalue weighted by Gasteiger charge is 2.34. The van der Waals surface area contributed by atoms with Crippen molar-refractivity contribution in [1.82, 2.24) is 0 Å². The molecule has 1 heterocycles. The van der Waals surface area contributed by atoms with E-state index in [2.05, 4.69) is 11.8 Å². The van der Waals surface area contributed by atoms with Gasteiger partial charge in [-0.15, -0.1) is 5.92 Å². The number of rotatable bonds is 2. The Kier molecular flexibility index (Phi) is 3.47. The molecule has 3 heteroatoms. The average molecular weight is 181 g/mol. The Hall–Kier alpha value is -0.850. The second-order valence-electron chi connectivity index (χ2n) is 3.30. The number of carbonyl (C=O) groups is 1. The third-order valence-corrected chi connectivity index (χ3v) is 2.37. The Balaban J connectivity index is 2.54. The highest BCUT2D eigenvalue weighted by Crippen LogP contribution is 2.19. The molecule has 0 amide bonds. The molecule has 1 saturated heterocycles. The minimum atomic E-state index is -0.678. The molecular weight excluding hydrogens is 166 g/mol. The number of hydrogen-bond acceptors (Lipinski definition) is 3. The van der Waals surface area contributed by atoms with Crippen molar-refractivity contribution in [1.29, 1.82) is 0 Å². The maximum absolute atomic E-state index is 11.6. The van der Waals surface area contributed by atoms with E-state index >= 15 is 0 Å². The zero-order valence-corrected chi connectivity index (χ0v) is 7.93. The van der Waals surface area contributed by atoms with E-state index in [0.29, 0.717) is 26.1 Å². The van der Waals surface area contributed by atoms with Crippen LogP contribution >= 0.6 is 0 Å². The van der Waals surface area contributed by atoms with Gasteiger partial charge in [-0.2, -0.15) is 0 Å². The molecule has 0 bridgehead atoms. The van der Waals surface area contributed by atoms with Crippen molar-refractivity contribution in [2.45, 2.75) is 31.7 Å². The number of hydrogen-bond donors (Lipinski definition) is 1. The van der Waals surface area contributed by atoms with Crippen LogP contribution in [0.15, 0.2) is 0 Å². The Morgan fingerprint density at radius 1 is 1.54 bits per heavy atom. The van der Waals surface area contributed by atoms with E-state index in [1.54, 1.807) is 6.92 Å². The van der Waals surface area contributed by atoms with Gasteiger partial charge in [-0.05, 0) is 19.8 Å². The molecule has 0 aromatic carbocycles. The molecule has 1 fully saturated rings. The van der Waals surface area contributed by atoms with Crippen molar-refractivity contribution >= 4 is 5.78 Å². The van der Waals surface area contributed by atoms with Crippen LogP contribution in [0.4, 0.5) is 0 Å². The number of ether oxygens (including phenoxy) is 1. The van der Waals surface area contributed by atoms with E-state index in [-0.39, 0.29) is 12.2 Å². The van der Waals surface area contributed by atoms with Gasteiger partial charge in [-0.25, -0.2) is 0 Å². The fourth-order valence-corrected chi connectivity index (χ4v) is 1.36. The first kappa shape index (κ1) is 10.2. The Morgan fingerprint density at radius 3 is 2.69 bits per heavy atom.